The van der Waals surface area contributed by atoms with Crippen LogP contribution in [0.2, 0.25) is 0 Å². The van der Waals surface area contributed by atoms with Gasteiger partial charge < -0.3 is 15.2 Å². The molecule has 1 aliphatic rings. The van der Waals surface area contributed by atoms with Gasteiger partial charge >= 0.3 is 0 Å². The molecule has 1 saturated carbocycles. The minimum Gasteiger partial charge on any atom is -0.361 e. The van der Waals surface area contributed by atoms with Gasteiger partial charge in [-0.05, 0) is 37.3 Å². The van der Waals surface area contributed by atoms with Gasteiger partial charge in [-0.3, -0.25) is 9.59 Å². The van der Waals surface area contributed by atoms with Crippen molar-refractivity contribution in [1.29, 1.82) is 0 Å². The SMILES string of the molecule is CCCN(CCC)C(=O)C1CC1C(=O)NCCc1c[nH]c2ccccc12. The largest absolute Gasteiger partial charge is 0.361 e. The molecule has 5 heteroatoms. The number of nitrogens with zero attached hydrogens (tertiary/aromatic N) is 1. The van der Waals surface area contributed by atoms with Crippen LogP contribution >= 0.6 is 0 Å². The molecule has 0 saturated heterocycles. The standard InChI is InChI=1S/C21H29N3O2/c1-3-11-24(12-4-2)21(26)18-13-17(18)20(25)22-10-9-15-14-23-19-8-6-5-7-16(15)19/h5-8,14,17-18,23H,3-4,9-13H2,1-2H3,(H,22,25). The highest BCUT2D eigenvalue weighted by Crippen LogP contribution is 2.40. The third-order valence-electron chi connectivity index (χ3n) is 5.11. The first kappa shape index (κ1) is 18.5. The first-order valence-electron chi connectivity index (χ1n) is 9.77. The lowest BCUT2D eigenvalue weighted by Gasteiger charge is -2.21. The average molecular weight is 355 g/mol. The molecule has 1 aliphatic carbocycles. The van der Waals surface area contributed by atoms with E-state index in [0.717, 1.165) is 37.9 Å². The number of nitrogens with one attached hydrogen (secondary N) is 2. The summed E-state index contributed by atoms with van der Waals surface area (Å²) < 4.78 is 0. The highest BCUT2D eigenvalue weighted by molar-refractivity contribution is 5.92. The second-order valence-corrected chi connectivity index (χ2v) is 7.17. The lowest BCUT2D eigenvalue weighted by atomic mass is 10.1. The Morgan fingerprint density at radius 2 is 1.88 bits per heavy atom. The molecule has 0 radical (unpaired) electrons. The number of aromatic nitrogens is 1. The van der Waals surface area contributed by atoms with Gasteiger partial charge in [-0.2, -0.15) is 0 Å². The number of hydrogen-bond donors (Lipinski definition) is 2. The first-order chi connectivity index (χ1) is 12.7. The number of hydrogen-bond acceptors (Lipinski definition) is 2. The predicted octanol–water partition coefficient (Wildman–Crippen LogP) is 3.11. The summed E-state index contributed by atoms with van der Waals surface area (Å²) in [4.78, 5) is 30.1. The van der Waals surface area contributed by atoms with Gasteiger partial charge in [0.1, 0.15) is 0 Å². The molecule has 1 fully saturated rings. The van der Waals surface area contributed by atoms with E-state index in [1.807, 2.05) is 23.2 Å². The molecule has 140 valence electrons. The van der Waals surface area contributed by atoms with Crippen molar-refractivity contribution in [3.8, 4) is 0 Å². The van der Waals surface area contributed by atoms with Gasteiger partial charge in [-0.1, -0.05) is 32.0 Å². The molecule has 3 rings (SSSR count). The fraction of sp³-hybridized carbons (Fsp3) is 0.524. The van der Waals surface area contributed by atoms with Crippen LogP contribution < -0.4 is 5.32 Å². The minimum absolute atomic E-state index is 0.0242. The molecule has 0 aliphatic heterocycles. The Kier molecular flexibility index (Phi) is 5.96. The molecular formula is C21H29N3O2. The van der Waals surface area contributed by atoms with E-state index in [-0.39, 0.29) is 23.7 Å². The van der Waals surface area contributed by atoms with E-state index in [0.29, 0.717) is 13.0 Å². The molecule has 2 unspecified atom stereocenters. The number of aromatic amines is 1. The van der Waals surface area contributed by atoms with Gasteiger partial charge in [0.05, 0.1) is 11.8 Å². The van der Waals surface area contributed by atoms with E-state index in [9.17, 15) is 9.59 Å². The van der Waals surface area contributed by atoms with Crippen LogP contribution in [0.4, 0.5) is 0 Å². The molecule has 1 aromatic carbocycles. The van der Waals surface area contributed by atoms with Crippen LogP contribution in [0.1, 0.15) is 38.7 Å². The number of carbonyl (C=O) groups is 2. The molecule has 1 heterocycles. The maximum atomic E-state index is 12.5. The molecule has 1 aromatic heterocycles. The normalized spacial score (nSPS) is 18.7. The predicted molar refractivity (Wildman–Crippen MR) is 104 cm³/mol. The van der Waals surface area contributed by atoms with E-state index in [4.69, 9.17) is 0 Å². The van der Waals surface area contributed by atoms with Crippen molar-refractivity contribution in [3.63, 3.8) is 0 Å². The van der Waals surface area contributed by atoms with Gasteiger partial charge in [-0.15, -0.1) is 0 Å². The number of benzene rings is 1. The van der Waals surface area contributed by atoms with Crippen molar-refractivity contribution in [2.75, 3.05) is 19.6 Å². The summed E-state index contributed by atoms with van der Waals surface area (Å²) in [6, 6.07) is 8.18. The summed E-state index contributed by atoms with van der Waals surface area (Å²) in [5.74, 6) is -0.0653. The molecule has 2 amide bonds. The Hall–Kier alpha value is -2.30. The van der Waals surface area contributed by atoms with Gasteiger partial charge in [-0.25, -0.2) is 0 Å². The highest BCUT2D eigenvalue weighted by Gasteiger charge is 2.49. The molecule has 2 atom stereocenters. The van der Waals surface area contributed by atoms with E-state index in [1.165, 1.54) is 10.9 Å². The highest BCUT2D eigenvalue weighted by atomic mass is 16.2. The van der Waals surface area contributed by atoms with Crippen LogP contribution in [0.15, 0.2) is 30.5 Å². The van der Waals surface area contributed by atoms with Crippen LogP contribution in [0.25, 0.3) is 10.9 Å². The molecule has 2 N–H and O–H groups in total. The Morgan fingerprint density at radius 1 is 1.15 bits per heavy atom. The maximum Gasteiger partial charge on any atom is 0.226 e. The maximum absolute atomic E-state index is 12.5. The Balaban J connectivity index is 1.47. The zero-order valence-corrected chi connectivity index (χ0v) is 15.8. The smallest absolute Gasteiger partial charge is 0.226 e. The Labute approximate surface area is 155 Å². The Morgan fingerprint density at radius 3 is 2.62 bits per heavy atom. The van der Waals surface area contributed by atoms with Crippen molar-refractivity contribution < 1.29 is 9.59 Å². The van der Waals surface area contributed by atoms with Crippen LogP contribution in [0.5, 0.6) is 0 Å². The number of carbonyl (C=O) groups excluding carboxylic acids is 2. The van der Waals surface area contributed by atoms with Crippen molar-refractivity contribution in [2.24, 2.45) is 11.8 Å². The molecule has 0 bridgehead atoms. The summed E-state index contributed by atoms with van der Waals surface area (Å²) >= 11 is 0. The van der Waals surface area contributed by atoms with Crippen molar-refractivity contribution in [3.05, 3.63) is 36.0 Å². The fourth-order valence-electron chi connectivity index (χ4n) is 3.65. The molecular weight excluding hydrogens is 326 g/mol. The van der Waals surface area contributed by atoms with Crippen molar-refractivity contribution in [1.82, 2.24) is 15.2 Å². The number of amides is 2. The fourth-order valence-corrected chi connectivity index (χ4v) is 3.65. The monoisotopic (exact) mass is 355 g/mol. The van der Waals surface area contributed by atoms with Gasteiger partial charge in [0.2, 0.25) is 11.8 Å². The van der Waals surface area contributed by atoms with Crippen molar-refractivity contribution in [2.45, 2.75) is 39.5 Å². The zero-order valence-electron chi connectivity index (χ0n) is 15.8. The van der Waals surface area contributed by atoms with Gasteiger partial charge in [0.25, 0.3) is 0 Å². The summed E-state index contributed by atoms with van der Waals surface area (Å²) in [5.41, 5.74) is 2.33. The zero-order chi connectivity index (χ0) is 18.5. The van der Waals surface area contributed by atoms with E-state index < -0.39 is 0 Å². The van der Waals surface area contributed by atoms with E-state index in [1.54, 1.807) is 0 Å². The molecule has 5 nitrogen and oxygen atoms in total. The van der Waals surface area contributed by atoms with Crippen LogP contribution in [0.3, 0.4) is 0 Å². The molecule has 2 aromatic rings. The first-order valence-corrected chi connectivity index (χ1v) is 9.77. The minimum atomic E-state index is -0.137. The van der Waals surface area contributed by atoms with E-state index in [2.05, 4.69) is 36.3 Å². The van der Waals surface area contributed by atoms with Gasteiger partial charge in [0.15, 0.2) is 0 Å². The molecule has 26 heavy (non-hydrogen) atoms. The number of para-hydroxylation sites is 1. The van der Waals surface area contributed by atoms with Crippen LogP contribution in [-0.2, 0) is 16.0 Å². The quantitative estimate of drug-likeness (QED) is 0.726. The average Bonchev–Trinajstić information content (AvgIpc) is 3.35. The summed E-state index contributed by atoms with van der Waals surface area (Å²) in [7, 11) is 0. The van der Waals surface area contributed by atoms with Crippen molar-refractivity contribution >= 4 is 22.7 Å². The third kappa shape index (κ3) is 4.09. The number of fused-ring (bicyclic) bond motifs is 1. The number of rotatable bonds is 9. The van der Waals surface area contributed by atoms with E-state index >= 15 is 0 Å². The number of H-pyrrole nitrogens is 1. The lowest BCUT2D eigenvalue weighted by Crippen LogP contribution is -2.35. The third-order valence-corrected chi connectivity index (χ3v) is 5.11. The van der Waals surface area contributed by atoms with Crippen LogP contribution in [0, 0.1) is 11.8 Å². The topological polar surface area (TPSA) is 65.2 Å². The lowest BCUT2D eigenvalue weighted by molar-refractivity contribution is -0.134. The summed E-state index contributed by atoms with van der Waals surface area (Å²) in [5, 5.41) is 4.22. The second kappa shape index (κ2) is 8.39. The van der Waals surface area contributed by atoms with Crippen LogP contribution in [-0.4, -0.2) is 41.3 Å². The summed E-state index contributed by atoms with van der Waals surface area (Å²) in [6.45, 7) is 6.34. The summed E-state index contributed by atoms with van der Waals surface area (Å²) in [6.07, 6.45) is 5.41. The molecule has 0 spiro atoms. The van der Waals surface area contributed by atoms with Gasteiger partial charge in [0, 0.05) is 36.7 Å². The second-order valence-electron chi connectivity index (χ2n) is 7.17. The Bertz CT molecular complexity index is 761.